The fourth-order valence-electron chi connectivity index (χ4n) is 4.61. The number of hydrogen-bond acceptors (Lipinski definition) is 8. The van der Waals surface area contributed by atoms with Gasteiger partial charge in [-0.1, -0.05) is 0 Å². The maximum Gasteiger partial charge on any atom is 0.163 e. The van der Waals surface area contributed by atoms with Crippen molar-refractivity contribution in [3.63, 3.8) is 0 Å². The van der Waals surface area contributed by atoms with E-state index in [1.165, 1.54) is 0 Å². The zero-order chi connectivity index (χ0) is 24.0. The van der Waals surface area contributed by atoms with E-state index in [1.54, 1.807) is 13.4 Å². The summed E-state index contributed by atoms with van der Waals surface area (Å²) in [5, 5.41) is 19.7. The number of pyridine rings is 1. The molecule has 1 atom stereocenters. The Morgan fingerprint density at radius 2 is 2.09 bits per heavy atom. The topological polar surface area (TPSA) is 95.1 Å². The number of aryl methyl sites for hydroxylation is 2. The highest BCUT2D eigenvalue weighted by molar-refractivity contribution is 5.69. The van der Waals surface area contributed by atoms with Gasteiger partial charge in [-0.05, 0) is 56.7 Å². The van der Waals surface area contributed by atoms with Crippen LogP contribution in [0.1, 0.15) is 30.7 Å². The third-order valence-corrected chi connectivity index (χ3v) is 6.79. The molecular weight excluding hydrogens is 428 g/mol. The molecule has 3 aromatic rings. The lowest BCUT2D eigenvalue weighted by Gasteiger charge is -2.53. The monoisotopic (exact) mass is 456 g/mol. The van der Waals surface area contributed by atoms with Gasteiger partial charge in [0.05, 0.1) is 36.9 Å². The van der Waals surface area contributed by atoms with Crippen LogP contribution >= 0.6 is 0 Å². The third kappa shape index (κ3) is 3.52. The van der Waals surface area contributed by atoms with Crippen LogP contribution < -0.4 is 15.1 Å². The molecule has 1 N–H and O–H groups in total. The second kappa shape index (κ2) is 8.06. The Balaban J connectivity index is 1.42. The van der Waals surface area contributed by atoms with E-state index in [0.29, 0.717) is 18.8 Å². The number of fused-ring (bicyclic) bond motifs is 1. The summed E-state index contributed by atoms with van der Waals surface area (Å²) in [6, 6.07) is 10.5. The van der Waals surface area contributed by atoms with Crippen LogP contribution in [0.2, 0.25) is 0 Å². The molecule has 0 aliphatic carbocycles. The van der Waals surface area contributed by atoms with Crippen LogP contribution in [0, 0.1) is 24.2 Å². The van der Waals surface area contributed by atoms with E-state index in [0.717, 1.165) is 39.7 Å². The Kier molecular flexibility index (Phi) is 5.16. The van der Waals surface area contributed by atoms with Crippen LogP contribution in [0.15, 0.2) is 36.8 Å². The molecule has 174 valence electrons. The van der Waals surface area contributed by atoms with Gasteiger partial charge in [0.2, 0.25) is 0 Å². The number of hydrazine groups is 1. The predicted octanol–water partition coefficient (Wildman–Crippen LogP) is 3.75. The van der Waals surface area contributed by atoms with Crippen molar-refractivity contribution in [2.75, 3.05) is 24.0 Å². The highest BCUT2D eigenvalue weighted by atomic mass is 16.5. The Morgan fingerprint density at radius 3 is 2.76 bits per heavy atom. The number of rotatable bonds is 5. The molecule has 5 rings (SSSR count). The van der Waals surface area contributed by atoms with Crippen molar-refractivity contribution >= 4 is 17.6 Å². The predicted molar refractivity (Wildman–Crippen MR) is 131 cm³/mol. The first-order valence-corrected chi connectivity index (χ1v) is 11.2. The number of benzene rings is 1. The van der Waals surface area contributed by atoms with Crippen LogP contribution in [0.25, 0.3) is 17.5 Å². The van der Waals surface area contributed by atoms with Gasteiger partial charge < -0.3 is 14.2 Å². The van der Waals surface area contributed by atoms with Gasteiger partial charge in [0.15, 0.2) is 5.82 Å². The van der Waals surface area contributed by atoms with Gasteiger partial charge in [0, 0.05) is 36.6 Å². The van der Waals surface area contributed by atoms with Gasteiger partial charge in [-0.15, -0.1) is 10.2 Å². The zero-order valence-electron chi connectivity index (χ0n) is 20.1. The molecule has 0 spiro atoms. The molecule has 1 unspecified atom stereocenters. The molecule has 2 aliphatic rings. The first-order valence-electron chi connectivity index (χ1n) is 11.2. The lowest BCUT2D eigenvalue weighted by Crippen LogP contribution is -2.64. The zero-order valence-corrected chi connectivity index (χ0v) is 20.1. The van der Waals surface area contributed by atoms with E-state index in [2.05, 4.69) is 52.6 Å². The van der Waals surface area contributed by atoms with E-state index in [1.807, 2.05) is 47.9 Å². The van der Waals surface area contributed by atoms with E-state index >= 15 is 0 Å². The Hall–Kier alpha value is -4.06. The van der Waals surface area contributed by atoms with Crippen LogP contribution in [0.5, 0.6) is 5.75 Å². The van der Waals surface area contributed by atoms with Gasteiger partial charge in [-0.3, -0.25) is 10.4 Å². The van der Waals surface area contributed by atoms with Gasteiger partial charge in [0.25, 0.3) is 0 Å². The molecule has 9 heteroatoms. The number of ether oxygens (including phenoxy) is 1. The highest BCUT2D eigenvalue weighted by Gasteiger charge is 2.48. The summed E-state index contributed by atoms with van der Waals surface area (Å²) in [6.45, 7) is 7.56. The molecule has 0 radical (unpaired) electrons. The van der Waals surface area contributed by atoms with Gasteiger partial charge >= 0.3 is 0 Å². The molecule has 1 saturated heterocycles. The number of hydrogen-bond donors (Lipinski definition) is 1. The van der Waals surface area contributed by atoms with Crippen molar-refractivity contribution in [3.05, 3.63) is 53.6 Å². The molecule has 9 nitrogen and oxygen atoms in total. The quantitative estimate of drug-likeness (QED) is 0.620. The summed E-state index contributed by atoms with van der Waals surface area (Å²) in [5.41, 5.74) is 8.25. The number of nitrogens with one attached hydrogen (secondary N) is 1. The summed E-state index contributed by atoms with van der Waals surface area (Å²) in [7, 11) is 3.57. The van der Waals surface area contributed by atoms with Crippen molar-refractivity contribution < 1.29 is 4.74 Å². The fraction of sp³-hybridized carbons (Fsp3) is 0.360. The Bertz CT molecular complexity index is 1320. The summed E-state index contributed by atoms with van der Waals surface area (Å²) >= 11 is 0. The summed E-state index contributed by atoms with van der Waals surface area (Å²) in [5.74, 6) is 2.43. The minimum Gasteiger partial charge on any atom is -0.494 e. The number of aromatic nitrogens is 4. The van der Waals surface area contributed by atoms with E-state index in [4.69, 9.17) is 9.72 Å². The molecule has 2 aromatic heterocycles. The van der Waals surface area contributed by atoms with Crippen LogP contribution in [0.3, 0.4) is 0 Å². The number of nitrogens with zero attached hydrogens (tertiary/aromatic N) is 7. The van der Waals surface area contributed by atoms with Crippen LogP contribution in [-0.2, 0) is 13.6 Å². The van der Waals surface area contributed by atoms with Crippen molar-refractivity contribution in [1.29, 1.82) is 5.26 Å². The fourth-order valence-corrected chi connectivity index (χ4v) is 4.61. The molecule has 34 heavy (non-hydrogen) atoms. The van der Waals surface area contributed by atoms with Gasteiger partial charge in [-0.25, -0.2) is 4.98 Å². The van der Waals surface area contributed by atoms with Crippen molar-refractivity contribution in [2.24, 2.45) is 13.0 Å². The maximum absolute atomic E-state index is 9.48. The number of anilines is 2. The third-order valence-electron chi connectivity index (χ3n) is 6.79. The van der Waals surface area contributed by atoms with Crippen molar-refractivity contribution in [3.8, 4) is 23.2 Å². The lowest BCUT2D eigenvalue weighted by atomic mass is 9.77. The average Bonchev–Trinajstić information content (AvgIpc) is 3.25. The maximum atomic E-state index is 9.48. The normalized spacial score (nSPS) is 18.2. The van der Waals surface area contributed by atoms with Crippen LogP contribution in [-0.4, -0.2) is 44.0 Å². The second-order valence-corrected chi connectivity index (χ2v) is 9.34. The standard InChI is InChI=1S/C25H28N8O/c1-16-10-17-8-9-32(14-20(17)24(28-16)33-13-19(12-26)25(33,2)3)30-21-7-6-18(11-22(21)34-5)23-29-27-15-31(23)4/h6-11,15,19,30H,13-14H2,1-5H3. The summed E-state index contributed by atoms with van der Waals surface area (Å²) in [4.78, 5) is 7.14. The Morgan fingerprint density at radius 1 is 1.26 bits per heavy atom. The average molecular weight is 457 g/mol. The van der Waals surface area contributed by atoms with E-state index in [-0.39, 0.29) is 11.5 Å². The molecule has 0 bridgehead atoms. The largest absolute Gasteiger partial charge is 0.494 e. The van der Waals surface area contributed by atoms with Gasteiger partial charge in [0.1, 0.15) is 17.9 Å². The Labute approximate surface area is 199 Å². The second-order valence-electron chi connectivity index (χ2n) is 9.34. The first-order chi connectivity index (χ1) is 16.3. The molecule has 0 saturated carbocycles. The molecule has 4 heterocycles. The lowest BCUT2D eigenvalue weighted by molar-refractivity contribution is 0.251. The SMILES string of the molecule is COc1cc(-c2nncn2C)ccc1NN1C=Cc2cc(C)nc(N3CC(C#N)C3(C)C)c2C1. The molecule has 1 fully saturated rings. The van der Waals surface area contributed by atoms with E-state index in [9.17, 15) is 5.26 Å². The van der Waals surface area contributed by atoms with Crippen LogP contribution in [0.4, 0.5) is 11.5 Å². The van der Waals surface area contributed by atoms with E-state index < -0.39 is 0 Å². The van der Waals surface area contributed by atoms with Gasteiger partial charge in [-0.2, -0.15) is 5.26 Å². The highest BCUT2D eigenvalue weighted by Crippen LogP contribution is 2.42. The molecule has 2 aliphatic heterocycles. The van der Waals surface area contributed by atoms with Crippen molar-refractivity contribution in [1.82, 2.24) is 24.8 Å². The minimum atomic E-state index is -0.248. The number of nitriles is 1. The van der Waals surface area contributed by atoms with Crippen molar-refractivity contribution in [2.45, 2.75) is 32.9 Å². The first kappa shape index (κ1) is 21.8. The smallest absolute Gasteiger partial charge is 0.163 e. The summed E-state index contributed by atoms with van der Waals surface area (Å²) in [6.07, 6.45) is 5.80. The summed E-state index contributed by atoms with van der Waals surface area (Å²) < 4.78 is 7.54. The number of methoxy groups -OCH3 is 1. The minimum absolute atomic E-state index is 0.00415. The molecule has 1 aromatic carbocycles. The molecular formula is C25H28N8O. The molecule has 0 amide bonds.